The Bertz CT molecular complexity index is 383. The summed E-state index contributed by atoms with van der Waals surface area (Å²) in [5.41, 5.74) is 6.97. The quantitative estimate of drug-likeness (QED) is 0.807. The van der Waals surface area contributed by atoms with E-state index in [1.807, 2.05) is 24.3 Å². The molecule has 1 amide bonds. The van der Waals surface area contributed by atoms with Gasteiger partial charge in [-0.2, -0.15) is 0 Å². The van der Waals surface area contributed by atoms with E-state index in [0.29, 0.717) is 13.2 Å². The Kier molecular flexibility index (Phi) is 4.66. The van der Waals surface area contributed by atoms with Gasteiger partial charge in [0.2, 0.25) is 5.91 Å². The molecule has 0 atom stereocenters. The van der Waals surface area contributed by atoms with Crippen molar-refractivity contribution < 1.29 is 9.53 Å². The molecule has 0 saturated heterocycles. The molecule has 0 unspecified atom stereocenters. The fourth-order valence-electron chi connectivity index (χ4n) is 1.41. The number of methoxy groups -OCH3 is 1. The lowest BCUT2D eigenvalue weighted by Gasteiger charge is -2.17. The monoisotopic (exact) mass is 236 g/mol. The van der Waals surface area contributed by atoms with Gasteiger partial charge in [0.05, 0.1) is 12.1 Å². The lowest BCUT2D eigenvalue weighted by atomic mass is 10.1. The number of carbonyl (C=O) groups excluding carboxylic acids is 1. The lowest BCUT2D eigenvalue weighted by molar-refractivity contribution is -0.125. The largest absolute Gasteiger partial charge is 0.380 e. The van der Waals surface area contributed by atoms with Gasteiger partial charge in [-0.15, -0.1) is 0 Å². The van der Waals surface area contributed by atoms with Crippen molar-refractivity contribution in [2.45, 2.75) is 32.5 Å². The van der Waals surface area contributed by atoms with Crippen molar-refractivity contribution in [1.82, 2.24) is 5.32 Å². The molecule has 1 aromatic carbocycles. The fraction of sp³-hybridized carbons (Fsp3) is 0.462. The average molecular weight is 236 g/mol. The zero-order valence-electron chi connectivity index (χ0n) is 10.6. The van der Waals surface area contributed by atoms with Gasteiger partial charge in [0.15, 0.2) is 0 Å². The summed E-state index contributed by atoms with van der Waals surface area (Å²) < 4.78 is 5.06. The third-order valence-corrected chi connectivity index (χ3v) is 2.34. The van der Waals surface area contributed by atoms with Crippen LogP contribution in [0, 0.1) is 0 Å². The van der Waals surface area contributed by atoms with Gasteiger partial charge in [0.1, 0.15) is 0 Å². The van der Waals surface area contributed by atoms with Crippen LogP contribution in [0.3, 0.4) is 0 Å². The molecule has 1 rings (SSSR count). The van der Waals surface area contributed by atoms with E-state index in [0.717, 1.165) is 11.1 Å². The second-order valence-electron chi connectivity index (χ2n) is 4.66. The minimum Gasteiger partial charge on any atom is -0.380 e. The zero-order valence-corrected chi connectivity index (χ0v) is 10.6. The van der Waals surface area contributed by atoms with Crippen LogP contribution in [0.5, 0.6) is 0 Å². The number of hydrogen-bond donors (Lipinski definition) is 2. The van der Waals surface area contributed by atoms with Crippen LogP contribution in [-0.2, 0) is 22.7 Å². The summed E-state index contributed by atoms with van der Waals surface area (Å²) >= 11 is 0. The van der Waals surface area contributed by atoms with Crippen LogP contribution >= 0.6 is 0 Å². The van der Waals surface area contributed by atoms with Gasteiger partial charge < -0.3 is 15.8 Å². The van der Waals surface area contributed by atoms with Crippen LogP contribution in [0.15, 0.2) is 24.3 Å². The number of amides is 1. The van der Waals surface area contributed by atoms with E-state index in [2.05, 4.69) is 5.32 Å². The van der Waals surface area contributed by atoms with Gasteiger partial charge in [0, 0.05) is 13.7 Å². The fourth-order valence-corrected chi connectivity index (χ4v) is 1.41. The molecule has 3 N–H and O–H groups in total. The SMILES string of the molecule is COCc1cccc(CNC(=O)C(C)(C)N)c1. The zero-order chi connectivity index (χ0) is 12.9. The molecular formula is C13H20N2O2. The Labute approximate surface area is 102 Å². The van der Waals surface area contributed by atoms with Gasteiger partial charge in [0.25, 0.3) is 0 Å². The number of nitrogens with one attached hydrogen (secondary N) is 1. The molecule has 0 spiro atoms. The molecule has 0 heterocycles. The second kappa shape index (κ2) is 5.80. The van der Waals surface area contributed by atoms with Crippen molar-refractivity contribution in [3.8, 4) is 0 Å². The molecule has 0 bridgehead atoms. The molecular weight excluding hydrogens is 216 g/mol. The summed E-state index contributed by atoms with van der Waals surface area (Å²) in [5.74, 6) is -0.158. The highest BCUT2D eigenvalue weighted by Crippen LogP contribution is 2.06. The van der Waals surface area contributed by atoms with Gasteiger partial charge in [-0.1, -0.05) is 24.3 Å². The Balaban J connectivity index is 2.57. The molecule has 1 aromatic rings. The predicted octanol–water partition coefficient (Wildman–Crippen LogP) is 1.19. The van der Waals surface area contributed by atoms with Crippen molar-refractivity contribution in [1.29, 1.82) is 0 Å². The molecule has 0 aliphatic heterocycles. The number of nitrogens with two attached hydrogens (primary N) is 1. The number of ether oxygens (including phenoxy) is 1. The van der Waals surface area contributed by atoms with Gasteiger partial charge in [-0.3, -0.25) is 4.79 Å². The standard InChI is InChI=1S/C13H20N2O2/c1-13(2,14)12(16)15-8-10-5-4-6-11(7-10)9-17-3/h4-7H,8-9,14H2,1-3H3,(H,15,16). The minimum absolute atomic E-state index is 0.158. The predicted molar refractivity (Wildman–Crippen MR) is 67.3 cm³/mol. The van der Waals surface area contributed by atoms with Crippen LogP contribution in [0.1, 0.15) is 25.0 Å². The molecule has 0 aliphatic rings. The Morgan fingerprint density at radius 3 is 2.65 bits per heavy atom. The summed E-state index contributed by atoms with van der Waals surface area (Å²) in [5, 5.41) is 2.80. The first kappa shape index (κ1) is 13.7. The van der Waals surface area contributed by atoms with Crippen LogP contribution in [0.2, 0.25) is 0 Å². The highest BCUT2D eigenvalue weighted by atomic mass is 16.5. The van der Waals surface area contributed by atoms with E-state index in [1.54, 1.807) is 21.0 Å². The molecule has 0 saturated carbocycles. The number of carbonyl (C=O) groups is 1. The summed E-state index contributed by atoms with van der Waals surface area (Å²) in [6.45, 7) is 4.43. The third kappa shape index (κ3) is 4.54. The third-order valence-electron chi connectivity index (χ3n) is 2.34. The molecule has 94 valence electrons. The maximum absolute atomic E-state index is 11.6. The van der Waals surface area contributed by atoms with Crippen LogP contribution < -0.4 is 11.1 Å². The Morgan fingerprint density at radius 1 is 1.41 bits per heavy atom. The number of rotatable bonds is 5. The first-order chi connectivity index (χ1) is 7.93. The maximum atomic E-state index is 11.6. The molecule has 17 heavy (non-hydrogen) atoms. The summed E-state index contributed by atoms with van der Waals surface area (Å²) in [4.78, 5) is 11.6. The van der Waals surface area contributed by atoms with Crippen molar-refractivity contribution in [2.75, 3.05) is 7.11 Å². The number of hydrogen-bond acceptors (Lipinski definition) is 3. The van der Waals surface area contributed by atoms with Gasteiger partial charge in [-0.05, 0) is 25.0 Å². The van der Waals surface area contributed by atoms with Crippen molar-refractivity contribution in [2.24, 2.45) is 5.73 Å². The highest BCUT2D eigenvalue weighted by Gasteiger charge is 2.20. The first-order valence-electron chi connectivity index (χ1n) is 5.57. The second-order valence-corrected chi connectivity index (χ2v) is 4.66. The Morgan fingerprint density at radius 2 is 2.06 bits per heavy atom. The van der Waals surface area contributed by atoms with Crippen molar-refractivity contribution in [3.63, 3.8) is 0 Å². The van der Waals surface area contributed by atoms with E-state index < -0.39 is 5.54 Å². The molecule has 0 aromatic heterocycles. The maximum Gasteiger partial charge on any atom is 0.239 e. The average Bonchev–Trinajstić information content (AvgIpc) is 2.25. The van der Waals surface area contributed by atoms with Crippen LogP contribution in [0.4, 0.5) is 0 Å². The number of benzene rings is 1. The van der Waals surface area contributed by atoms with E-state index in [1.165, 1.54) is 0 Å². The smallest absolute Gasteiger partial charge is 0.239 e. The van der Waals surface area contributed by atoms with E-state index in [4.69, 9.17) is 10.5 Å². The topological polar surface area (TPSA) is 64.3 Å². The highest BCUT2D eigenvalue weighted by molar-refractivity contribution is 5.84. The summed E-state index contributed by atoms with van der Waals surface area (Å²) in [6.07, 6.45) is 0. The Hall–Kier alpha value is -1.39. The van der Waals surface area contributed by atoms with E-state index in [9.17, 15) is 4.79 Å². The van der Waals surface area contributed by atoms with Crippen molar-refractivity contribution >= 4 is 5.91 Å². The molecule has 0 radical (unpaired) electrons. The van der Waals surface area contributed by atoms with Gasteiger partial charge >= 0.3 is 0 Å². The lowest BCUT2D eigenvalue weighted by Crippen LogP contribution is -2.48. The molecule has 4 nitrogen and oxygen atoms in total. The molecule has 0 fully saturated rings. The van der Waals surface area contributed by atoms with Crippen molar-refractivity contribution in [3.05, 3.63) is 35.4 Å². The van der Waals surface area contributed by atoms with Crippen LogP contribution in [-0.4, -0.2) is 18.6 Å². The molecule has 0 aliphatic carbocycles. The minimum atomic E-state index is -0.843. The first-order valence-corrected chi connectivity index (χ1v) is 5.57. The van der Waals surface area contributed by atoms with E-state index >= 15 is 0 Å². The summed E-state index contributed by atoms with van der Waals surface area (Å²) in [6, 6.07) is 7.90. The summed E-state index contributed by atoms with van der Waals surface area (Å²) in [7, 11) is 1.66. The van der Waals surface area contributed by atoms with Gasteiger partial charge in [-0.25, -0.2) is 0 Å². The van der Waals surface area contributed by atoms with Crippen LogP contribution in [0.25, 0.3) is 0 Å². The van der Waals surface area contributed by atoms with E-state index in [-0.39, 0.29) is 5.91 Å². The molecule has 4 heteroatoms. The normalized spacial score (nSPS) is 11.3.